The predicted molar refractivity (Wildman–Crippen MR) is 119 cm³/mol. The van der Waals surface area contributed by atoms with Gasteiger partial charge in [0.1, 0.15) is 11.5 Å². The molecule has 0 fully saturated rings. The number of anilines is 1. The Morgan fingerprint density at radius 1 is 1.11 bits per heavy atom. The Balaban J connectivity index is 2.04. The number of allylic oxidation sites excluding steroid dienone is 1. The van der Waals surface area contributed by atoms with Crippen LogP contribution in [0.25, 0.3) is 5.57 Å². The second kappa shape index (κ2) is 7.88. The zero-order valence-electron chi connectivity index (χ0n) is 17.3. The first-order chi connectivity index (χ1) is 13.3. The highest BCUT2D eigenvalue weighted by Gasteiger charge is 2.31. The van der Waals surface area contributed by atoms with E-state index in [2.05, 4.69) is 55.8 Å². The number of aliphatic imine (C=N–C) groups is 1. The summed E-state index contributed by atoms with van der Waals surface area (Å²) in [6.07, 6.45) is 4.13. The lowest BCUT2D eigenvalue weighted by atomic mass is 9.88. The van der Waals surface area contributed by atoms with Crippen molar-refractivity contribution >= 4 is 34.8 Å². The third-order valence-corrected chi connectivity index (χ3v) is 5.43. The second-order valence-corrected chi connectivity index (χ2v) is 7.82. The Labute approximate surface area is 172 Å². The zero-order valence-corrected chi connectivity index (χ0v) is 18.1. The number of ether oxygens (including phenoxy) is 2. The van der Waals surface area contributed by atoms with Crippen molar-refractivity contribution in [1.82, 2.24) is 0 Å². The van der Waals surface area contributed by atoms with Gasteiger partial charge in [0, 0.05) is 35.6 Å². The number of hydrogen-bond acceptors (Lipinski definition) is 4. The van der Waals surface area contributed by atoms with Crippen molar-refractivity contribution in [3.63, 3.8) is 0 Å². The second-order valence-electron chi connectivity index (χ2n) is 7.41. The van der Waals surface area contributed by atoms with Crippen LogP contribution in [0.3, 0.4) is 0 Å². The molecule has 1 aliphatic heterocycles. The summed E-state index contributed by atoms with van der Waals surface area (Å²) in [6.45, 7) is 9.72. The Bertz CT molecular complexity index is 948. The van der Waals surface area contributed by atoms with Crippen LogP contribution >= 0.6 is 11.6 Å². The molecule has 0 N–H and O–H groups in total. The molecule has 3 rings (SSSR count). The minimum atomic E-state index is -0.0354. The van der Waals surface area contributed by atoms with E-state index in [0.717, 1.165) is 23.5 Å². The van der Waals surface area contributed by atoms with Gasteiger partial charge in [0.2, 0.25) is 0 Å². The number of fused-ring (bicyclic) bond motifs is 1. The SMILES string of the molecule is CCN1c2cc(OC)c(C=Nc3ccc(OC)c(Cl)c3)cc2C(C)=CC1(C)C. The molecule has 2 aromatic carbocycles. The van der Waals surface area contributed by atoms with Gasteiger partial charge < -0.3 is 14.4 Å². The van der Waals surface area contributed by atoms with Gasteiger partial charge in [-0.15, -0.1) is 0 Å². The van der Waals surface area contributed by atoms with E-state index >= 15 is 0 Å². The van der Waals surface area contributed by atoms with Crippen molar-refractivity contribution in [2.24, 2.45) is 4.99 Å². The number of hydrogen-bond donors (Lipinski definition) is 0. The van der Waals surface area contributed by atoms with Crippen molar-refractivity contribution in [2.45, 2.75) is 33.2 Å². The molecule has 0 amide bonds. The fourth-order valence-electron chi connectivity index (χ4n) is 3.86. The van der Waals surface area contributed by atoms with Crippen LogP contribution in [0, 0.1) is 0 Å². The molecule has 2 aromatic rings. The maximum Gasteiger partial charge on any atom is 0.137 e. The minimum Gasteiger partial charge on any atom is -0.496 e. The van der Waals surface area contributed by atoms with Gasteiger partial charge in [-0.2, -0.15) is 0 Å². The molecule has 5 heteroatoms. The van der Waals surface area contributed by atoms with Crippen molar-refractivity contribution in [3.8, 4) is 11.5 Å². The summed E-state index contributed by atoms with van der Waals surface area (Å²) in [7, 11) is 3.29. The van der Waals surface area contributed by atoms with E-state index in [0.29, 0.717) is 10.8 Å². The molecule has 28 heavy (non-hydrogen) atoms. The van der Waals surface area contributed by atoms with Gasteiger partial charge >= 0.3 is 0 Å². The van der Waals surface area contributed by atoms with Crippen molar-refractivity contribution in [3.05, 3.63) is 52.6 Å². The summed E-state index contributed by atoms with van der Waals surface area (Å²) < 4.78 is 10.9. The average molecular weight is 399 g/mol. The molecule has 0 aliphatic carbocycles. The normalized spacial score (nSPS) is 15.4. The van der Waals surface area contributed by atoms with E-state index in [1.165, 1.54) is 16.8 Å². The fourth-order valence-corrected chi connectivity index (χ4v) is 4.11. The number of benzene rings is 2. The van der Waals surface area contributed by atoms with Crippen molar-refractivity contribution in [2.75, 3.05) is 25.7 Å². The largest absolute Gasteiger partial charge is 0.496 e. The minimum absolute atomic E-state index is 0.0354. The van der Waals surface area contributed by atoms with E-state index in [9.17, 15) is 0 Å². The number of rotatable bonds is 5. The summed E-state index contributed by atoms with van der Waals surface area (Å²) >= 11 is 6.21. The lowest BCUT2D eigenvalue weighted by Crippen LogP contribution is -2.44. The van der Waals surface area contributed by atoms with Crippen LogP contribution in [0.1, 0.15) is 38.8 Å². The molecule has 1 aliphatic rings. The maximum atomic E-state index is 6.21. The van der Waals surface area contributed by atoms with Gasteiger partial charge in [-0.05, 0) is 57.5 Å². The molecule has 148 valence electrons. The number of halogens is 1. The highest BCUT2D eigenvalue weighted by Crippen LogP contribution is 2.41. The van der Waals surface area contributed by atoms with Crippen LogP contribution < -0.4 is 14.4 Å². The topological polar surface area (TPSA) is 34.1 Å². The highest BCUT2D eigenvalue weighted by molar-refractivity contribution is 6.32. The molecule has 0 radical (unpaired) electrons. The standard InChI is InChI=1S/C23H27ClN2O2/c1-7-26-20-12-22(28-6)16(10-18(20)15(2)13-23(26,3)4)14-25-17-8-9-21(27-5)19(24)11-17/h8-14H,7H2,1-6H3. The summed E-state index contributed by atoms with van der Waals surface area (Å²) in [5, 5.41) is 0.536. The molecule has 0 aromatic heterocycles. The van der Waals surface area contributed by atoms with Gasteiger partial charge in [-0.25, -0.2) is 0 Å². The number of methoxy groups -OCH3 is 2. The summed E-state index contributed by atoms with van der Waals surface area (Å²) in [4.78, 5) is 6.98. The van der Waals surface area contributed by atoms with Crippen LogP contribution in [0.5, 0.6) is 11.5 Å². The van der Waals surface area contributed by atoms with Crippen LogP contribution in [0.15, 0.2) is 41.4 Å². The van der Waals surface area contributed by atoms with Crippen LogP contribution in [0.2, 0.25) is 5.02 Å². The maximum absolute atomic E-state index is 6.21. The number of likely N-dealkylation sites (N-methyl/N-ethyl adjacent to an activating group) is 1. The monoisotopic (exact) mass is 398 g/mol. The van der Waals surface area contributed by atoms with Gasteiger partial charge in [0.05, 0.1) is 30.5 Å². The molecule has 0 unspecified atom stereocenters. The molecule has 1 heterocycles. The Hall–Kier alpha value is -2.46. The quantitative estimate of drug-likeness (QED) is 0.568. The number of nitrogens with zero attached hydrogens (tertiary/aromatic N) is 2. The van der Waals surface area contributed by atoms with Crippen LogP contribution in [-0.2, 0) is 0 Å². The van der Waals surface area contributed by atoms with Crippen LogP contribution in [-0.4, -0.2) is 32.5 Å². The first-order valence-electron chi connectivity index (χ1n) is 9.37. The first kappa shape index (κ1) is 20.3. The zero-order chi connectivity index (χ0) is 20.5. The first-order valence-corrected chi connectivity index (χ1v) is 9.75. The van der Waals surface area contributed by atoms with Gasteiger partial charge in [0.25, 0.3) is 0 Å². The van der Waals surface area contributed by atoms with Crippen molar-refractivity contribution < 1.29 is 9.47 Å². The van der Waals surface area contributed by atoms with E-state index in [-0.39, 0.29) is 5.54 Å². The van der Waals surface area contributed by atoms with E-state index in [4.69, 9.17) is 21.1 Å². The summed E-state index contributed by atoms with van der Waals surface area (Å²) in [5.74, 6) is 1.43. The third-order valence-electron chi connectivity index (χ3n) is 5.13. The van der Waals surface area contributed by atoms with E-state index in [1.54, 1.807) is 20.3 Å². The van der Waals surface area contributed by atoms with Gasteiger partial charge in [0.15, 0.2) is 0 Å². The Morgan fingerprint density at radius 3 is 2.43 bits per heavy atom. The molecule has 0 saturated heterocycles. The van der Waals surface area contributed by atoms with Gasteiger partial charge in [-0.1, -0.05) is 17.7 Å². The van der Waals surface area contributed by atoms with Crippen LogP contribution in [0.4, 0.5) is 11.4 Å². The molecule has 0 bridgehead atoms. The molecule has 0 atom stereocenters. The lowest BCUT2D eigenvalue weighted by molar-refractivity contribution is 0.413. The predicted octanol–water partition coefficient (Wildman–Crippen LogP) is 6.13. The molecule has 0 saturated carbocycles. The third kappa shape index (κ3) is 3.74. The highest BCUT2D eigenvalue weighted by atomic mass is 35.5. The lowest BCUT2D eigenvalue weighted by Gasteiger charge is -2.43. The molecule has 4 nitrogen and oxygen atoms in total. The smallest absolute Gasteiger partial charge is 0.137 e. The fraction of sp³-hybridized carbons (Fsp3) is 0.348. The Kier molecular flexibility index (Phi) is 5.71. The van der Waals surface area contributed by atoms with E-state index < -0.39 is 0 Å². The summed E-state index contributed by atoms with van der Waals surface area (Å²) in [5.41, 5.74) is 5.30. The molecular weight excluding hydrogens is 372 g/mol. The van der Waals surface area contributed by atoms with E-state index in [1.807, 2.05) is 18.3 Å². The average Bonchev–Trinajstić information content (AvgIpc) is 2.65. The molecule has 0 spiro atoms. The van der Waals surface area contributed by atoms with Gasteiger partial charge in [-0.3, -0.25) is 4.99 Å². The Morgan fingerprint density at radius 2 is 1.82 bits per heavy atom. The van der Waals surface area contributed by atoms with Crippen molar-refractivity contribution in [1.29, 1.82) is 0 Å². The summed E-state index contributed by atoms with van der Waals surface area (Å²) in [6, 6.07) is 9.73. The molecular formula is C23H27ClN2O2.